The van der Waals surface area contributed by atoms with Crippen molar-refractivity contribution in [2.24, 2.45) is 5.41 Å². The maximum Gasteiger partial charge on any atom is 0.319 e. The van der Waals surface area contributed by atoms with E-state index in [9.17, 15) is 19.9 Å². The normalized spacial score (nSPS) is 23.4. The molecule has 4 N–H and O–H groups in total. The van der Waals surface area contributed by atoms with Gasteiger partial charge in [0.15, 0.2) is 0 Å². The van der Waals surface area contributed by atoms with Crippen molar-refractivity contribution in [2.45, 2.75) is 19.1 Å². The summed E-state index contributed by atoms with van der Waals surface area (Å²) in [5.41, 5.74) is 0.127. The highest BCUT2D eigenvalue weighted by molar-refractivity contribution is 5.93. The van der Waals surface area contributed by atoms with Crippen molar-refractivity contribution in [3.05, 3.63) is 66.2 Å². The Morgan fingerprint density at radius 1 is 1.14 bits per heavy atom. The van der Waals surface area contributed by atoms with E-state index in [1.807, 2.05) is 18.2 Å². The molecule has 1 saturated heterocycles. The van der Waals surface area contributed by atoms with E-state index in [0.29, 0.717) is 16.3 Å². The Labute approximate surface area is 169 Å². The van der Waals surface area contributed by atoms with Crippen molar-refractivity contribution in [3.8, 4) is 0 Å². The van der Waals surface area contributed by atoms with Crippen molar-refractivity contribution >= 4 is 17.6 Å². The third-order valence-electron chi connectivity index (χ3n) is 4.95. The van der Waals surface area contributed by atoms with Crippen LogP contribution in [0.3, 0.4) is 0 Å². The molecule has 0 bridgehead atoms. The van der Waals surface area contributed by atoms with Gasteiger partial charge < -0.3 is 20.5 Å². The first-order valence-electron chi connectivity index (χ1n) is 9.34. The average Bonchev–Trinajstić information content (AvgIpc) is 3.01. The van der Waals surface area contributed by atoms with Crippen LogP contribution in [0.15, 0.2) is 60.7 Å². The molecule has 1 aliphatic rings. The number of hydroxylamine groups is 2. The number of nitrogens with one attached hydrogen (secondary N) is 2. The molecule has 1 aliphatic heterocycles. The summed E-state index contributed by atoms with van der Waals surface area (Å²) < 4.78 is 5.63. The molecule has 3 rings (SSSR count). The monoisotopic (exact) mass is 399 g/mol. The van der Waals surface area contributed by atoms with Gasteiger partial charge in [0.1, 0.15) is 6.10 Å². The minimum absolute atomic E-state index is 0.0908. The van der Waals surface area contributed by atoms with E-state index >= 15 is 0 Å². The van der Waals surface area contributed by atoms with Crippen LogP contribution in [0.5, 0.6) is 0 Å². The number of para-hydroxylation sites is 1. The number of urea groups is 1. The van der Waals surface area contributed by atoms with E-state index in [1.165, 1.54) is 0 Å². The molecule has 3 amide bonds. The lowest BCUT2D eigenvalue weighted by Gasteiger charge is -2.31. The molecule has 154 valence electrons. The summed E-state index contributed by atoms with van der Waals surface area (Å²) in [4.78, 5) is 24.3. The molecule has 1 fully saturated rings. The molecule has 8 heteroatoms. The smallest absolute Gasteiger partial charge is 0.319 e. The number of amides is 3. The second-order valence-corrected chi connectivity index (χ2v) is 7.38. The van der Waals surface area contributed by atoms with Gasteiger partial charge in [-0.15, -0.1) is 0 Å². The van der Waals surface area contributed by atoms with Gasteiger partial charge in [-0.3, -0.25) is 10.0 Å². The molecule has 0 unspecified atom stereocenters. The number of hydrogen-bond donors (Lipinski definition) is 4. The fraction of sp³-hybridized carbons (Fsp3) is 0.333. The van der Waals surface area contributed by atoms with E-state index in [2.05, 4.69) is 10.6 Å². The number of aliphatic hydroxyl groups is 1. The van der Waals surface area contributed by atoms with Crippen LogP contribution in [0.1, 0.15) is 17.3 Å². The number of hydrogen-bond acceptors (Lipinski definition) is 5. The minimum atomic E-state index is -0.974. The predicted octanol–water partition coefficient (Wildman–Crippen LogP) is 2.11. The molecule has 0 spiro atoms. The van der Waals surface area contributed by atoms with Gasteiger partial charge in [-0.05, 0) is 24.3 Å². The second-order valence-electron chi connectivity index (χ2n) is 7.38. The zero-order valence-corrected chi connectivity index (χ0v) is 16.1. The van der Waals surface area contributed by atoms with Gasteiger partial charge in [-0.25, -0.2) is 9.86 Å². The zero-order valence-electron chi connectivity index (χ0n) is 16.1. The number of nitrogens with zero attached hydrogens (tertiary/aromatic N) is 1. The highest BCUT2D eigenvalue weighted by Gasteiger charge is 2.47. The van der Waals surface area contributed by atoms with Gasteiger partial charge in [0.2, 0.25) is 0 Å². The Kier molecular flexibility index (Phi) is 6.48. The third-order valence-corrected chi connectivity index (χ3v) is 4.95. The minimum Gasteiger partial charge on any atom is -0.390 e. The number of ether oxygens (including phenoxy) is 1. The number of benzene rings is 2. The molecule has 2 aromatic rings. The summed E-state index contributed by atoms with van der Waals surface area (Å²) in [7, 11) is 0. The Morgan fingerprint density at radius 3 is 2.41 bits per heavy atom. The summed E-state index contributed by atoms with van der Waals surface area (Å²) in [5, 5.41) is 26.8. The summed E-state index contributed by atoms with van der Waals surface area (Å²) in [6, 6.07) is 17.0. The van der Waals surface area contributed by atoms with Crippen LogP contribution in [0, 0.1) is 5.41 Å². The molecule has 0 aromatic heterocycles. The molecule has 2 aromatic carbocycles. The summed E-state index contributed by atoms with van der Waals surface area (Å²) in [5.74, 6) is -0.553. The van der Waals surface area contributed by atoms with Crippen LogP contribution in [0.4, 0.5) is 10.5 Å². The van der Waals surface area contributed by atoms with Gasteiger partial charge in [-0.1, -0.05) is 43.3 Å². The van der Waals surface area contributed by atoms with E-state index < -0.39 is 29.6 Å². The van der Waals surface area contributed by atoms with Gasteiger partial charge in [0.05, 0.1) is 19.3 Å². The predicted molar refractivity (Wildman–Crippen MR) is 107 cm³/mol. The Balaban J connectivity index is 1.52. The van der Waals surface area contributed by atoms with Gasteiger partial charge in [0.25, 0.3) is 5.91 Å². The summed E-state index contributed by atoms with van der Waals surface area (Å²) in [6.45, 7) is 1.85. The van der Waals surface area contributed by atoms with Crippen molar-refractivity contribution in [1.82, 2.24) is 10.4 Å². The van der Waals surface area contributed by atoms with Crippen LogP contribution in [0.25, 0.3) is 0 Å². The molecule has 0 saturated carbocycles. The van der Waals surface area contributed by atoms with E-state index in [-0.39, 0.29) is 19.7 Å². The van der Waals surface area contributed by atoms with E-state index in [1.54, 1.807) is 49.4 Å². The highest BCUT2D eigenvalue weighted by Crippen LogP contribution is 2.33. The molecular formula is C21H25N3O5. The van der Waals surface area contributed by atoms with Crippen molar-refractivity contribution in [2.75, 3.05) is 25.0 Å². The molecule has 0 radical (unpaired) electrons. The fourth-order valence-corrected chi connectivity index (χ4v) is 3.27. The first kappa shape index (κ1) is 20.8. The number of rotatable bonds is 6. The van der Waals surface area contributed by atoms with Crippen LogP contribution in [-0.2, 0) is 4.74 Å². The quantitative estimate of drug-likeness (QED) is 0.439. The topological polar surface area (TPSA) is 111 Å². The number of carbonyl (C=O) groups is 2. The van der Waals surface area contributed by atoms with E-state index in [4.69, 9.17) is 4.74 Å². The SMILES string of the molecule is C[C@@]1(CN(O)C(=O)c2ccccc2)CO[C@H](CNC(=O)Nc2ccccc2)[C@H]1O. The van der Waals surface area contributed by atoms with Crippen LogP contribution in [0.2, 0.25) is 0 Å². The standard InChI is InChI=1S/C21H25N3O5/c1-21(13-24(28)19(26)15-8-4-2-5-9-15)14-29-17(18(21)25)12-22-20(27)23-16-10-6-3-7-11-16/h2-11,17-18,25,28H,12-14H2,1H3,(H2,22,23,27)/t17-,18-,21-/m1/s1. The molecular weight excluding hydrogens is 374 g/mol. The van der Waals surface area contributed by atoms with Crippen LogP contribution in [-0.4, -0.2) is 59.2 Å². The molecule has 8 nitrogen and oxygen atoms in total. The molecule has 0 aliphatic carbocycles. The average molecular weight is 399 g/mol. The van der Waals surface area contributed by atoms with Gasteiger partial charge >= 0.3 is 6.03 Å². The van der Waals surface area contributed by atoms with Crippen molar-refractivity contribution in [1.29, 1.82) is 0 Å². The molecule has 3 atom stereocenters. The number of carbonyl (C=O) groups excluding carboxylic acids is 2. The lowest BCUT2D eigenvalue weighted by Crippen LogP contribution is -2.47. The summed E-state index contributed by atoms with van der Waals surface area (Å²) in [6.07, 6.45) is -1.63. The second kappa shape index (κ2) is 9.04. The lowest BCUT2D eigenvalue weighted by atomic mass is 9.84. The maximum absolute atomic E-state index is 12.3. The lowest BCUT2D eigenvalue weighted by molar-refractivity contribution is -0.0940. The van der Waals surface area contributed by atoms with Crippen molar-refractivity contribution < 1.29 is 24.6 Å². The molecule has 1 heterocycles. The van der Waals surface area contributed by atoms with Gasteiger partial charge in [-0.2, -0.15) is 0 Å². The Morgan fingerprint density at radius 2 is 1.76 bits per heavy atom. The Bertz CT molecular complexity index is 833. The number of anilines is 1. The van der Waals surface area contributed by atoms with Crippen molar-refractivity contribution in [3.63, 3.8) is 0 Å². The van der Waals surface area contributed by atoms with E-state index in [0.717, 1.165) is 0 Å². The largest absolute Gasteiger partial charge is 0.390 e. The highest BCUT2D eigenvalue weighted by atomic mass is 16.5. The van der Waals surface area contributed by atoms with Crippen LogP contribution >= 0.6 is 0 Å². The first-order chi connectivity index (χ1) is 13.9. The summed E-state index contributed by atoms with van der Waals surface area (Å²) >= 11 is 0. The number of aliphatic hydroxyl groups excluding tert-OH is 1. The fourth-order valence-electron chi connectivity index (χ4n) is 3.27. The zero-order chi connectivity index (χ0) is 20.9. The maximum atomic E-state index is 12.3. The van der Waals surface area contributed by atoms with Crippen LogP contribution < -0.4 is 10.6 Å². The molecule has 29 heavy (non-hydrogen) atoms. The first-order valence-corrected chi connectivity index (χ1v) is 9.34. The van der Waals surface area contributed by atoms with Gasteiger partial charge in [0, 0.05) is 23.2 Å². The Hall–Kier alpha value is -2.94. The third kappa shape index (κ3) is 5.11.